The highest BCUT2D eigenvalue weighted by molar-refractivity contribution is 5.57. The zero-order chi connectivity index (χ0) is 10.1. The van der Waals surface area contributed by atoms with Gasteiger partial charge in [0.2, 0.25) is 0 Å². The van der Waals surface area contributed by atoms with Crippen molar-refractivity contribution in [1.82, 2.24) is 0 Å². The molecule has 0 aliphatic carbocycles. The van der Waals surface area contributed by atoms with Gasteiger partial charge in [-0.3, -0.25) is 0 Å². The van der Waals surface area contributed by atoms with Crippen LogP contribution in [0.5, 0.6) is 0 Å². The number of anilines is 1. The van der Waals surface area contributed by atoms with E-state index in [0.717, 1.165) is 16.7 Å². The second-order valence-corrected chi connectivity index (χ2v) is 3.37. The maximum Gasteiger partial charge on any atom is 0.0745 e. The number of aliphatic hydroxyl groups excluding tert-OH is 2. The van der Waals surface area contributed by atoms with Crippen LogP contribution < -0.4 is 5.73 Å². The molecule has 0 radical (unpaired) electrons. The Morgan fingerprint density at radius 2 is 1.93 bits per heavy atom. The number of hydrogen-bond donors (Lipinski definition) is 3. The van der Waals surface area contributed by atoms with Gasteiger partial charge < -0.3 is 20.7 Å². The van der Waals surface area contributed by atoms with Crippen LogP contribution in [0.3, 0.4) is 0 Å². The maximum absolute atomic E-state index is 9.20. The van der Waals surface area contributed by atoms with Crippen LogP contribution in [-0.4, -0.2) is 10.2 Å². The molecule has 0 fully saturated rings. The predicted octanol–water partition coefficient (Wildman–Crippen LogP) is 0.284. The van der Waals surface area contributed by atoms with Crippen LogP contribution in [0.25, 0.3) is 0 Å². The number of nitrogen functional groups attached to an aromatic ring is 1. The molecule has 0 bridgehead atoms. The first kappa shape index (κ1) is 9.45. The molecule has 0 amide bonds. The molecule has 4 nitrogen and oxygen atoms in total. The molecule has 1 aromatic rings. The predicted molar refractivity (Wildman–Crippen MR) is 51.2 cm³/mol. The van der Waals surface area contributed by atoms with Crippen LogP contribution >= 0.6 is 0 Å². The Hall–Kier alpha value is -1.10. The molecular formula is C10H13NO3. The van der Waals surface area contributed by atoms with Gasteiger partial charge in [0.15, 0.2) is 0 Å². The first-order chi connectivity index (χ1) is 6.77. The standard InChI is InChI=1S/C10H13NO3/c11-10-1-6(2-12)7(3-13)8-4-14-5-9(8)10/h1,12-13H,2-5,11H2. The first-order valence-corrected chi connectivity index (χ1v) is 4.49. The fourth-order valence-corrected chi connectivity index (χ4v) is 1.85. The molecule has 1 aromatic carbocycles. The summed E-state index contributed by atoms with van der Waals surface area (Å²) in [6.07, 6.45) is 0. The van der Waals surface area contributed by atoms with E-state index in [2.05, 4.69) is 0 Å². The molecule has 2 rings (SSSR count). The zero-order valence-corrected chi connectivity index (χ0v) is 7.79. The molecule has 0 saturated carbocycles. The van der Waals surface area contributed by atoms with Crippen molar-refractivity contribution in [2.24, 2.45) is 0 Å². The number of fused-ring (bicyclic) bond motifs is 1. The van der Waals surface area contributed by atoms with Gasteiger partial charge >= 0.3 is 0 Å². The van der Waals surface area contributed by atoms with E-state index >= 15 is 0 Å². The molecule has 4 heteroatoms. The Balaban J connectivity index is 2.62. The molecule has 14 heavy (non-hydrogen) atoms. The van der Waals surface area contributed by atoms with Gasteiger partial charge in [-0.05, 0) is 22.8 Å². The molecule has 1 heterocycles. The van der Waals surface area contributed by atoms with Gasteiger partial charge in [-0.15, -0.1) is 0 Å². The van der Waals surface area contributed by atoms with Crippen molar-refractivity contribution in [2.45, 2.75) is 26.4 Å². The maximum atomic E-state index is 9.20. The third-order valence-electron chi connectivity index (χ3n) is 2.62. The number of benzene rings is 1. The Labute approximate surface area is 81.9 Å². The Bertz CT molecular complexity index is 363. The Morgan fingerprint density at radius 1 is 1.21 bits per heavy atom. The highest BCUT2D eigenvalue weighted by Gasteiger charge is 2.20. The van der Waals surface area contributed by atoms with Gasteiger partial charge in [0.1, 0.15) is 0 Å². The number of nitrogens with two attached hydrogens (primary N) is 1. The van der Waals surface area contributed by atoms with Gasteiger partial charge in [-0.2, -0.15) is 0 Å². The first-order valence-electron chi connectivity index (χ1n) is 4.49. The summed E-state index contributed by atoms with van der Waals surface area (Å²) in [6.45, 7) is 0.790. The van der Waals surface area contributed by atoms with Crippen LogP contribution in [0.15, 0.2) is 6.07 Å². The summed E-state index contributed by atoms with van der Waals surface area (Å²) in [5, 5.41) is 18.3. The minimum Gasteiger partial charge on any atom is -0.398 e. The van der Waals surface area contributed by atoms with Crippen LogP contribution in [0.4, 0.5) is 5.69 Å². The molecule has 1 aliphatic rings. The summed E-state index contributed by atoms with van der Waals surface area (Å²) in [5.74, 6) is 0. The number of aliphatic hydroxyl groups is 2. The van der Waals surface area contributed by atoms with Gasteiger partial charge in [0.25, 0.3) is 0 Å². The van der Waals surface area contributed by atoms with Crippen molar-refractivity contribution in [2.75, 3.05) is 5.73 Å². The molecule has 0 aromatic heterocycles. The quantitative estimate of drug-likeness (QED) is 0.593. The van der Waals surface area contributed by atoms with E-state index in [1.807, 2.05) is 0 Å². The number of hydrogen-bond acceptors (Lipinski definition) is 4. The third kappa shape index (κ3) is 1.28. The summed E-state index contributed by atoms with van der Waals surface area (Å²) in [6, 6.07) is 1.71. The third-order valence-corrected chi connectivity index (χ3v) is 2.62. The van der Waals surface area contributed by atoms with E-state index in [4.69, 9.17) is 15.6 Å². The lowest BCUT2D eigenvalue weighted by atomic mass is 9.97. The zero-order valence-electron chi connectivity index (χ0n) is 7.79. The van der Waals surface area contributed by atoms with Gasteiger partial charge in [0.05, 0.1) is 26.4 Å². The van der Waals surface area contributed by atoms with E-state index in [1.54, 1.807) is 6.07 Å². The van der Waals surface area contributed by atoms with E-state index in [9.17, 15) is 5.11 Å². The average molecular weight is 195 g/mol. The molecule has 0 unspecified atom stereocenters. The topological polar surface area (TPSA) is 75.7 Å². The van der Waals surface area contributed by atoms with Gasteiger partial charge in [-0.1, -0.05) is 0 Å². The second-order valence-electron chi connectivity index (χ2n) is 3.37. The lowest BCUT2D eigenvalue weighted by Gasteiger charge is -2.12. The van der Waals surface area contributed by atoms with Crippen molar-refractivity contribution in [3.63, 3.8) is 0 Å². The van der Waals surface area contributed by atoms with Gasteiger partial charge in [0, 0.05) is 11.3 Å². The molecule has 76 valence electrons. The normalized spacial score (nSPS) is 14.4. The minimum atomic E-state index is -0.104. The van der Waals surface area contributed by atoms with Crippen molar-refractivity contribution >= 4 is 5.69 Å². The van der Waals surface area contributed by atoms with E-state index in [-0.39, 0.29) is 13.2 Å². The van der Waals surface area contributed by atoms with E-state index in [0.29, 0.717) is 24.5 Å². The highest BCUT2D eigenvalue weighted by Crippen LogP contribution is 2.31. The van der Waals surface area contributed by atoms with Crippen molar-refractivity contribution in [3.05, 3.63) is 28.3 Å². The molecule has 0 atom stereocenters. The van der Waals surface area contributed by atoms with Crippen LogP contribution in [0, 0.1) is 0 Å². The molecule has 4 N–H and O–H groups in total. The fourth-order valence-electron chi connectivity index (χ4n) is 1.85. The largest absolute Gasteiger partial charge is 0.398 e. The average Bonchev–Trinajstić information content (AvgIpc) is 2.66. The van der Waals surface area contributed by atoms with Crippen LogP contribution in [0.1, 0.15) is 22.3 Å². The summed E-state index contributed by atoms with van der Waals surface area (Å²) >= 11 is 0. The Morgan fingerprint density at radius 3 is 2.57 bits per heavy atom. The Kier molecular flexibility index (Phi) is 2.41. The number of rotatable bonds is 2. The molecule has 1 aliphatic heterocycles. The van der Waals surface area contributed by atoms with Crippen LogP contribution in [-0.2, 0) is 31.2 Å². The summed E-state index contributed by atoms with van der Waals surface area (Å²) < 4.78 is 5.26. The lowest BCUT2D eigenvalue weighted by Crippen LogP contribution is -2.04. The summed E-state index contributed by atoms with van der Waals surface area (Å²) in [4.78, 5) is 0. The van der Waals surface area contributed by atoms with Crippen molar-refractivity contribution in [3.8, 4) is 0 Å². The number of ether oxygens (including phenoxy) is 1. The fraction of sp³-hybridized carbons (Fsp3) is 0.400. The SMILES string of the molecule is Nc1cc(CO)c(CO)c2c1COC2. The molecular weight excluding hydrogens is 182 g/mol. The van der Waals surface area contributed by atoms with Crippen molar-refractivity contribution in [1.29, 1.82) is 0 Å². The van der Waals surface area contributed by atoms with E-state index in [1.165, 1.54) is 0 Å². The monoisotopic (exact) mass is 195 g/mol. The summed E-state index contributed by atoms with van der Waals surface area (Å²) in [7, 11) is 0. The minimum absolute atomic E-state index is 0.0815. The highest BCUT2D eigenvalue weighted by atomic mass is 16.5. The van der Waals surface area contributed by atoms with Gasteiger partial charge in [-0.25, -0.2) is 0 Å². The van der Waals surface area contributed by atoms with E-state index < -0.39 is 0 Å². The molecule has 0 saturated heterocycles. The summed E-state index contributed by atoms with van der Waals surface area (Å²) in [5.41, 5.74) is 9.78. The van der Waals surface area contributed by atoms with Crippen molar-refractivity contribution < 1.29 is 14.9 Å². The molecule has 0 spiro atoms. The lowest BCUT2D eigenvalue weighted by molar-refractivity contribution is 0.133. The smallest absolute Gasteiger partial charge is 0.0745 e. The van der Waals surface area contributed by atoms with Crippen LogP contribution in [0.2, 0.25) is 0 Å². The second kappa shape index (κ2) is 3.57.